The molecule has 3 nitrogen and oxygen atoms in total. The van der Waals surface area contributed by atoms with Gasteiger partial charge in [0.1, 0.15) is 5.82 Å². The van der Waals surface area contributed by atoms with Crippen LogP contribution >= 0.6 is 11.6 Å². The average Bonchev–Trinajstić information content (AvgIpc) is 2.85. The first kappa shape index (κ1) is 14.4. The zero-order chi connectivity index (χ0) is 14.8. The highest BCUT2D eigenvalue weighted by atomic mass is 35.5. The number of nitrogens with one attached hydrogen (secondary N) is 1. The minimum atomic E-state index is -0.324. The number of aromatic nitrogens is 2. The minimum Gasteiger partial charge on any atom is -0.323 e. The summed E-state index contributed by atoms with van der Waals surface area (Å²) in [6.07, 6.45) is 8.14. The largest absolute Gasteiger partial charge is 0.323 e. The molecule has 0 radical (unpaired) electrons. The number of nitrogens with zero attached hydrogens (tertiary/aromatic N) is 2. The highest BCUT2D eigenvalue weighted by molar-refractivity contribution is 6.30. The number of halogens is 2. The third-order valence-corrected chi connectivity index (χ3v) is 4.23. The molecule has 0 saturated heterocycles. The number of rotatable bonds is 3. The van der Waals surface area contributed by atoms with Crippen LogP contribution in [0, 0.1) is 12.7 Å². The smallest absolute Gasteiger partial charge is 0.207 e. The first-order chi connectivity index (χ1) is 10.1. The maximum Gasteiger partial charge on any atom is 0.207 e. The number of hydrogen-bond acceptors (Lipinski definition) is 2. The van der Waals surface area contributed by atoms with Gasteiger partial charge < -0.3 is 9.88 Å². The first-order valence-corrected chi connectivity index (χ1v) is 7.79. The van der Waals surface area contributed by atoms with E-state index in [9.17, 15) is 4.39 Å². The second-order valence-electron chi connectivity index (χ2n) is 5.65. The molecule has 1 heterocycles. The van der Waals surface area contributed by atoms with E-state index in [-0.39, 0.29) is 5.82 Å². The molecule has 1 aromatic heterocycles. The van der Waals surface area contributed by atoms with Gasteiger partial charge in [0.25, 0.3) is 0 Å². The molecule has 0 bridgehead atoms. The van der Waals surface area contributed by atoms with Crippen molar-refractivity contribution in [3.8, 4) is 0 Å². The lowest BCUT2D eigenvalue weighted by Gasteiger charge is -2.24. The number of hydrogen-bond donors (Lipinski definition) is 1. The van der Waals surface area contributed by atoms with E-state index in [1.807, 2.05) is 13.1 Å². The highest BCUT2D eigenvalue weighted by Crippen LogP contribution is 2.32. The molecule has 0 amide bonds. The van der Waals surface area contributed by atoms with Gasteiger partial charge in [-0.3, -0.25) is 0 Å². The van der Waals surface area contributed by atoms with Crippen LogP contribution < -0.4 is 5.32 Å². The van der Waals surface area contributed by atoms with Gasteiger partial charge in [-0.15, -0.1) is 0 Å². The van der Waals surface area contributed by atoms with Crippen molar-refractivity contribution >= 4 is 23.2 Å². The van der Waals surface area contributed by atoms with E-state index in [0.717, 1.165) is 18.5 Å². The van der Waals surface area contributed by atoms with Gasteiger partial charge in [0, 0.05) is 17.3 Å². The zero-order valence-electron chi connectivity index (χ0n) is 12.1. The maximum atomic E-state index is 13.9. The molecule has 1 aliphatic rings. The Labute approximate surface area is 129 Å². The summed E-state index contributed by atoms with van der Waals surface area (Å²) in [5.41, 5.74) is 1.30. The van der Waals surface area contributed by atoms with E-state index in [1.165, 1.54) is 25.3 Å². The van der Waals surface area contributed by atoms with Crippen molar-refractivity contribution in [1.82, 2.24) is 9.55 Å². The van der Waals surface area contributed by atoms with Crippen LogP contribution in [0.5, 0.6) is 0 Å². The lowest BCUT2D eigenvalue weighted by Crippen LogP contribution is -2.14. The van der Waals surface area contributed by atoms with Crippen molar-refractivity contribution < 1.29 is 4.39 Å². The molecule has 5 heteroatoms. The van der Waals surface area contributed by atoms with Crippen LogP contribution in [-0.2, 0) is 0 Å². The van der Waals surface area contributed by atoms with Crippen LogP contribution in [0.3, 0.4) is 0 Å². The summed E-state index contributed by atoms with van der Waals surface area (Å²) in [7, 11) is 0. The van der Waals surface area contributed by atoms with E-state index in [2.05, 4.69) is 14.9 Å². The molecule has 1 fully saturated rings. The molecular formula is C16H19ClFN3. The van der Waals surface area contributed by atoms with Crippen LogP contribution in [0.1, 0.15) is 43.8 Å². The van der Waals surface area contributed by atoms with Gasteiger partial charge in [-0.25, -0.2) is 9.37 Å². The van der Waals surface area contributed by atoms with E-state index < -0.39 is 0 Å². The average molecular weight is 308 g/mol. The van der Waals surface area contributed by atoms with E-state index in [4.69, 9.17) is 11.6 Å². The van der Waals surface area contributed by atoms with Crippen LogP contribution in [0.2, 0.25) is 5.02 Å². The SMILES string of the molecule is Cc1cn(C2CCCCC2)c(Nc2cc(Cl)ccc2F)n1. The standard InChI is InChI=1S/C16H19ClFN3/c1-11-10-21(13-5-3-2-4-6-13)16(19-11)20-15-9-12(17)7-8-14(15)18/h7-10,13H,2-6H2,1H3,(H,19,20). The van der Waals surface area contributed by atoms with Gasteiger partial charge in [-0.1, -0.05) is 30.9 Å². The van der Waals surface area contributed by atoms with E-state index in [0.29, 0.717) is 22.7 Å². The summed E-state index contributed by atoms with van der Waals surface area (Å²) in [6, 6.07) is 4.95. The zero-order valence-corrected chi connectivity index (χ0v) is 12.8. The van der Waals surface area contributed by atoms with Gasteiger partial charge in [0.05, 0.1) is 11.4 Å². The van der Waals surface area contributed by atoms with Crippen LogP contribution in [0.4, 0.5) is 16.0 Å². The van der Waals surface area contributed by atoms with E-state index in [1.54, 1.807) is 12.1 Å². The van der Waals surface area contributed by atoms with Crippen molar-refractivity contribution in [2.24, 2.45) is 0 Å². The fourth-order valence-corrected chi connectivity index (χ4v) is 3.13. The van der Waals surface area contributed by atoms with Crippen molar-refractivity contribution in [1.29, 1.82) is 0 Å². The molecule has 0 atom stereocenters. The Balaban J connectivity index is 1.89. The molecular weight excluding hydrogens is 289 g/mol. The Kier molecular flexibility index (Phi) is 4.15. The number of benzene rings is 1. The molecule has 1 N–H and O–H groups in total. The Morgan fingerprint density at radius 1 is 1.29 bits per heavy atom. The molecule has 112 valence electrons. The Morgan fingerprint density at radius 2 is 2.05 bits per heavy atom. The van der Waals surface area contributed by atoms with Crippen LogP contribution in [0.15, 0.2) is 24.4 Å². The van der Waals surface area contributed by atoms with E-state index >= 15 is 0 Å². The Bertz CT molecular complexity index is 632. The molecule has 1 aromatic carbocycles. The molecule has 0 spiro atoms. The molecule has 0 aliphatic heterocycles. The lowest BCUT2D eigenvalue weighted by molar-refractivity contribution is 0.356. The number of anilines is 2. The number of aryl methyl sites for hydroxylation is 1. The maximum absolute atomic E-state index is 13.9. The monoisotopic (exact) mass is 307 g/mol. The van der Waals surface area contributed by atoms with Gasteiger partial charge in [-0.05, 0) is 38.0 Å². The summed E-state index contributed by atoms with van der Waals surface area (Å²) < 4.78 is 16.0. The first-order valence-electron chi connectivity index (χ1n) is 7.41. The normalized spacial score (nSPS) is 16.1. The van der Waals surface area contributed by atoms with Gasteiger partial charge >= 0.3 is 0 Å². The second-order valence-corrected chi connectivity index (χ2v) is 6.09. The quantitative estimate of drug-likeness (QED) is 0.841. The molecule has 1 saturated carbocycles. The second kappa shape index (κ2) is 6.06. The predicted molar refractivity (Wildman–Crippen MR) is 83.8 cm³/mol. The van der Waals surface area contributed by atoms with Gasteiger partial charge in [0.15, 0.2) is 0 Å². The minimum absolute atomic E-state index is 0.324. The summed E-state index contributed by atoms with van der Waals surface area (Å²) in [4.78, 5) is 4.49. The third kappa shape index (κ3) is 3.21. The summed E-state index contributed by atoms with van der Waals surface area (Å²) >= 11 is 5.94. The molecule has 21 heavy (non-hydrogen) atoms. The Hall–Kier alpha value is -1.55. The molecule has 1 aliphatic carbocycles. The summed E-state index contributed by atoms with van der Waals surface area (Å²) in [6.45, 7) is 1.96. The van der Waals surface area contributed by atoms with Crippen molar-refractivity contribution in [3.05, 3.63) is 40.9 Å². The van der Waals surface area contributed by atoms with Crippen molar-refractivity contribution in [2.45, 2.75) is 45.1 Å². The Morgan fingerprint density at radius 3 is 2.81 bits per heavy atom. The number of imidazole rings is 1. The highest BCUT2D eigenvalue weighted by Gasteiger charge is 2.19. The fourth-order valence-electron chi connectivity index (χ4n) is 2.96. The molecule has 0 unspecified atom stereocenters. The molecule has 3 rings (SSSR count). The summed E-state index contributed by atoms with van der Waals surface area (Å²) in [5, 5.41) is 3.60. The molecule has 2 aromatic rings. The topological polar surface area (TPSA) is 29.9 Å². The van der Waals surface area contributed by atoms with Crippen molar-refractivity contribution in [2.75, 3.05) is 5.32 Å². The summed E-state index contributed by atoms with van der Waals surface area (Å²) in [5.74, 6) is 0.371. The predicted octanol–water partition coefficient (Wildman–Crippen LogP) is 5.23. The fraction of sp³-hybridized carbons (Fsp3) is 0.438. The van der Waals surface area contributed by atoms with Gasteiger partial charge in [-0.2, -0.15) is 0 Å². The van der Waals surface area contributed by atoms with Crippen LogP contribution in [-0.4, -0.2) is 9.55 Å². The van der Waals surface area contributed by atoms with Crippen molar-refractivity contribution in [3.63, 3.8) is 0 Å². The lowest BCUT2D eigenvalue weighted by atomic mass is 9.95. The van der Waals surface area contributed by atoms with Gasteiger partial charge in [0.2, 0.25) is 5.95 Å². The van der Waals surface area contributed by atoms with Crippen LogP contribution in [0.25, 0.3) is 0 Å². The third-order valence-electron chi connectivity index (χ3n) is 4.00.